The summed E-state index contributed by atoms with van der Waals surface area (Å²) in [7, 11) is 0. The lowest BCUT2D eigenvalue weighted by atomic mass is 10.1. The van der Waals surface area contributed by atoms with E-state index in [0.29, 0.717) is 6.54 Å². The molecule has 0 aliphatic carbocycles. The van der Waals surface area contributed by atoms with Gasteiger partial charge in [-0.1, -0.05) is 18.1 Å². The topological polar surface area (TPSA) is 12.0 Å². The Bertz CT molecular complexity index is 319. The van der Waals surface area contributed by atoms with E-state index < -0.39 is 0 Å². The molecule has 1 atom stereocenters. The highest BCUT2D eigenvalue weighted by Crippen LogP contribution is 2.12. The number of rotatable bonds is 3. The van der Waals surface area contributed by atoms with Crippen molar-refractivity contribution in [1.29, 1.82) is 0 Å². The molecule has 1 N–H and O–H groups in total. The van der Waals surface area contributed by atoms with Crippen LogP contribution in [0.4, 0.5) is 4.39 Å². The van der Waals surface area contributed by atoms with E-state index in [4.69, 9.17) is 6.42 Å². The Morgan fingerprint density at radius 2 is 2.29 bits per heavy atom. The molecule has 0 bridgehead atoms. The molecule has 1 nitrogen and oxygen atoms in total. The van der Waals surface area contributed by atoms with Crippen LogP contribution in [-0.2, 0) is 0 Å². The van der Waals surface area contributed by atoms with E-state index in [1.807, 2.05) is 13.0 Å². The quantitative estimate of drug-likeness (QED) is 0.761. The predicted octanol–water partition coefficient (Wildman–Crippen LogP) is 2.53. The highest BCUT2D eigenvalue weighted by molar-refractivity contribution is 5.85. The molecule has 0 saturated heterocycles. The molecule has 1 aromatic rings. The maximum Gasteiger partial charge on any atom is 0.123 e. The van der Waals surface area contributed by atoms with Crippen LogP contribution in [-0.4, -0.2) is 6.54 Å². The first-order chi connectivity index (χ1) is 6.24. The SMILES string of the molecule is C#CCNC(C)c1cccc(F)c1.Cl. The van der Waals surface area contributed by atoms with Crippen LogP contribution in [0.25, 0.3) is 0 Å². The Morgan fingerprint density at radius 3 is 2.86 bits per heavy atom. The molecule has 3 heteroatoms. The Morgan fingerprint density at radius 1 is 1.57 bits per heavy atom. The van der Waals surface area contributed by atoms with E-state index in [1.165, 1.54) is 12.1 Å². The predicted molar refractivity (Wildman–Crippen MR) is 58.9 cm³/mol. The lowest BCUT2D eigenvalue weighted by Crippen LogP contribution is -2.18. The minimum absolute atomic E-state index is 0. The van der Waals surface area contributed by atoms with Crippen LogP contribution in [0.3, 0.4) is 0 Å². The Balaban J connectivity index is 0.00000169. The Hall–Kier alpha value is -1.04. The summed E-state index contributed by atoms with van der Waals surface area (Å²) in [6.07, 6.45) is 5.10. The molecule has 76 valence electrons. The van der Waals surface area contributed by atoms with Gasteiger partial charge in [0.2, 0.25) is 0 Å². The highest BCUT2D eigenvalue weighted by Gasteiger charge is 2.03. The summed E-state index contributed by atoms with van der Waals surface area (Å²) in [5.41, 5.74) is 0.912. The zero-order valence-corrected chi connectivity index (χ0v) is 8.77. The van der Waals surface area contributed by atoms with Gasteiger partial charge in [0.05, 0.1) is 6.54 Å². The lowest BCUT2D eigenvalue weighted by molar-refractivity contribution is 0.598. The van der Waals surface area contributed by atoms with Crippen LogP contribution in [0, 0.1) is 18.2 Å². The van der Waals surface area contributed by atoms with E-state index in [0.717, 1.165) is 5.56 Å². The molecular formula is C11H13ClFN. The number of halogens is 2. The standard InChI is InChI=1S/C11H12FN.ClH/c1-3-7-13-9(2)10-5-4-6-11(12)8-10;/h1,4-6,8-9,13H,7H2,2H3;1H. The number of hydrogen-bond donors (Lipinski definition) is 1. The van der Waals surface area contributed by atoms with Gasteiger partial charge in [0, 0.05) is 6.04 Å². The average Bonchev–Trinajstić information content (AvgIpc) is 2.14. The van der Waals surface area contributed by atoms with Gasteiger partial charge in [-0.2, -0.15) is 0 Å². The molecule has 1 rings (SSSR count). The maximum absolute atomic E-state index is 12.8. The molecule has 1 aromatic carbocycles. The smallest absolute Gasteiger partial charge is 0.123 e. The first kappa shape index (κ1) is 13.0. The monoisotopic (exact) mass is 213 g/mol. The molecule has 0 heterocycles. The van der Waals surface area contributed by atoms with Crippen LogP contribution in [0.5, 0.6) is 0 Å². The van der Waals surface area contributed by atoms with Gasteiger partial charge in [-0.25, -0.2) is 4.39 Å². The zero-order chi connectivity index (χ0) is 9.68. The summed E-state index contributed by atoms with van der Waals surface area (Å²) in [6, 6.07) is 6.59. The second-order valence-corrected chi connectivity index (χ2v) is 2.86. The van der Waals surface area contributed by atoms with Crippen molar-refractivity contribution in [2.24, 2.45) is 0 Å². The van der Waals surface area contributed by atoms with Crippen molar-refractivity contribution in [2.45, 2.75) is 13.0 Å². The summed E-state index contributed by atoms with van der Waals surface area (Å²) in [5, 5.41) is 3.07. The van der Waals surface area contributed by atoms with Gasteiger partial charge in [0.25, 0.3) is 0 Å². The number of terminal acetylenes is 1. The van der Waals surface area contributed by atoms with Gasteiger partial charge in [-0.3, -0.25) is 5.32 Å². The van der Waals surface area contributed by atoms with E-state index in [2.05, 4.69) is 11.2 Å². The number of benzene rings is 1. The fraction of sp³-hybridized carbons (Fsp3) is 0.273. The first-order valence-electron chi connectivity index (χ1n) is 4.16. The minimum Gasteiger partial charge on any atom is -0.300 e. The van der Waals surface area contributed by atoms with Crippen LogP contribution < -0.4 is 5.32 Å². The van der Waals surface area contributed by atoms with Gasteiger partial charge in [0.1, 0.15) is 5.82 Å². The molecule has 0 radical (unpaired) electrons. The lowest BCUT2D eigenvalue weighted by Gasteiger charge is -2.11. The van der Waals surface area contributed by atoms with Crippen molar-refractivity contribution >= 4 is 12.4 Å². The maximum atomic E-state index is 12.8. The van der Waals surface area contributed by atoms with Crippen LogP contribution in [0.2, 0.25) is 0 Å². The fourth-order valence-corrected chi connectivity index (χ4v) is 1.11. The number of nitrogens with one attached hydrogen (secondary N) is 1. The molecule has 1 unspecified atom stereocenters. The molecule has 0 aromatic heterocycles. The fourth-order valence-electron chi connectivity index (χ4n) is 1.11. The second-order valence-electron chi connectivity index (χ2n) is 2.86. The van der Waals surface area contributed by atoms with E-state index in [1.54, 1.807) is 6.07 Å². The second kappa shape index (κ2) is 6.42. The minimum atomic E-state index is -0.216. The third-order valence-corrected chi connectivity index (χ3v) is 1.86. The van der Waals surface area contributed by atoms with Crippen LogP contribution in [0.15, 0.2) is 24.3 Å². The van der Waals surface area contributed by atoms with Gasteiger partial charge in [-0.15, -0.1) is 18.8 Å². The largest absolute Gasteiger partial charge is 0.300 e. The number of hydrogen-bond acceptors (Lipinski definition) is 1. The average molecular weight is 214 g/mol. The molecule has 0 fully saturated rings. The summed E-state index contributed by atoms with van der Waals surface area (Å²) >= 11 is 0. The summed E-state index contributed by atoms with van der Waals surface area (Å²) < 4.78 is 12.8. The molecular weight excluding hydrogens is 201 g/mol. The van der Waals surface area contributed by atoms with E-state index in [9.17, 15) is 4.39 Å². The summed E-state index contributed by atoms with van der Waals surface area (Å²) in [5.74, 6) is 2.26. The van der Waals surface area contributed by atoms with Crippen molar-refractivity contribution < 1.29 is 4.39 Å². The van der Waals surface area contributed by atoms with E-state index in [-0.39, 0.29) is 24.3 Å². The van der Waals surface area contributed by atoms with Crippen molar-refractivity contribution in [2.75, 3.05) is 6.54 Å². The Labute approximate surface area is 90.1 Å². The molecule has 0 aliphatic rings. The summed E-state index contributed by atoms with van der Waals surface area (Å²) in [4.78, 5) is 0. The van der Waals surface area contributed by atoms with Crippen molar-refractivity contribution in [3.63, 3.8) is 0 Å². The first-order valence-corrected chi connectivity index (χ1v) is 4.16. The molecule has 0 saturated carbocycles. The van der Waals surface area contributed by atoms with Crippen molar-refractivity contribution in [3.8, 4) is 12.3 Å². The molecule has 0 spiro atoms. The van der Waals surface area contributed by atoms with Gasteiger partial charge < -0.3 is 0 Å². The normalized spacial score (nSPS) is 11.2. The van der Waals surface area contributed by atoms with Gasteiger partial charge in [0.15, 0.2) is 0 Å². The van der Waals surface area contributed by atoms with Crippen LogP contribution in [0.1, 0.15) is 18.5 Å². The molecule has 0 amide bonds. The third kappa shape index (κ3) is 3.78. The van der Waals surface area contributed by atoms with Crippen LogP contribution >= 0.6 is 12.4 Å². The third-order valence-electron chi connectivity index (χ3n) is 1.86. The van der Waals surface area contributed by atoms with Crippen molar-refractivity contribution in [1.82, 2.24) is 5.32 Å². The van der Waals surface area contributed by atoms with Gasteiger partial charge in [-0.05, 0) is 24.6 Å². The van der Waals surface area contributed by atoms with E-state index >= 15 is 0 Å². The summed E-state index contributed by atoms with van der Waals surface area (Å²) in [6.45, 7) is 2.45. The van der Waals surface area contributed by atoms with Crippen molar-refractivity contribution in [3.05, 3.63) is 35.6 Å². The van der Waals surface area contributed by atoms with Gasteiger partial charge >= 0.3 is 0 Å². The molecule has 0 aliphatic heterocycles. The zero-order valence-electron chi connectivity index (χ0n) is 7.96. The Kier molecular flexibility index (Phi) is 5.94. The highest BCUT2D eigenvalue weighted by atomic mass is 35.5. The molecule has 14 heavy (non-hydrogen) atoms.